The molecule has 154 valence electrons. The van der Waals surface area contributed by atoms with E-state index >= 15 is 0 Å². The Labute approximate surface area is 161 Å². The molecule has 5 heteroatoms. The van der Waals surface area contributed by atoms with Crippen molar-refractivity contribution in [1.82, 2.24) is 9.80 Å². The number of methoxy groups -OCH3 is 1. The maximum atomic E-state index is 13.1. The molecule has 5 nitrogen and oxygen atoms in total. The van der Waals surface area contributed by atoms with Gasteiger partial charge in [-0.2, -0.15) is 0 Å². The van der Waals surface area contributed by atoms with E-state index in [4.69, 9.17) is 4.74 Å². The summed E-state index contributed by atoms with van der Waals surface area (Å²) in [5.41, 5.74) is 0. The van der Waals surface area contributed by atoms with Crippen LogP contribution in [0.5, 0.6) is 0 Å². The molecule has 0 fully saturated rings. The zero-order chi connectivity index (χ0) is 20.4. The third-order valence-electron chi connectivity index (χ3n) is 5.66. The van der Waals surface area contributed by atoms with Crippen LogP contribution >= 0.6 is 0 Å². The van der Waals surface area contributed by atoms with E-state index in [0.29, 0.717) is 18.8 Å². The Morgan fingerprint density at radius 3 is 1.88 bits per heavy atom. The number of carbonyl (C=O) groups is 2. The lowest BCUT2D eigenvalue weighted by Crippen LogP contribution is -2.51. The van der Waals surface area contributed by atoms with Crippen molar-refractivity contribution in [3.05, 3.63) is 0 Å². The molecule has 0 aromatic heterocycles. The van der Waals surface area contributed by atoms with Gasteiger partial charge in [0.15, 0.2) is 0 Å². The number of nitrogens with zero attached hydrogens (tertiary/aromatic N) is 2. The minimum Gasteiger partial charge on any atom is -0.379 e. The Balaban J connectivity index is 5.34. The maximum Gasteiger partial charge on any atom is 0.224 e. The number of hydrogen-bond donors (Lipinski definition) is 0. The van der Waals surface area contributed by atoms with E-state index in [1.54, 1.807) is 12.0 Å². The molecule has 0 aliphatic carbocycles. The van der Waals surface area contributed by atoms with Crippen molar-refractivity contribution in [2.45, 2.75) is 91.8 Å². The molecule has 0 radical (unpaired) electrons. The highest BCUT2D eigenvalue weighted by molar-refractivity contribution is 5.80. The van der Waals surface area contributed by atoms with E-state index in [0.717, 1.165) is 19.3 Å². The highest BCUT2D eigenvalue weighted by Gasteiger charge is 2.33. The first-order chi connectivity index (χ1) is 12.2. The fourth-order valence-corrected chi connectivity index (χ4v) is 3.67. The van der Waals surface area contributed by atoms with Gasteiger partial charge in [-0.1, -0.05) is 48.0 Å². The molecule has 0 aromatic carbocycles. The van der Waals surface area contributed by atoms with Gasteiger partial charge in [0, 0.05) is 40.1 Å². The molecule has 0 spiro atoms. The summed E-state index contributed by atoms with van der Waals surface area (Å²) >= 11 is 0. The summed E-state index contributed by atoms with van der Waals surface area (Å²) in [6.45, 7) is 12.6. The predicted octanol–water partition coefficient (Wildman–Crippen LogP) is 3.96. The fraction of sp³-hybridized carbons (Fsp3) is 0.905. The molecule has 0 heterocycles. The van der Waals surface area contributed by atoms with Crippen LogP contribution in [0, 0.1) is 11.8 Å². The van der Waals surface area contributed by atoms with Crippen LogP contribution in [-0.4, -0.2) is 61.0 Å². The second-order valence-electron chi connectivity index (χ2n) is 7.83. The van der Waals surface area contributed by atoms with Gasteiger partial charge in [-0.3, -0.25) is 9.59 Å². The van der Waals surface area contributed by atoms with Gasteiger partial charge in [-0.15, -0.1) is 0 Å². The Morgan fingerprint density at radius 1 is 0.923 bits per heavy atom. The number of ether oxygens (including phenoxy) is 1. The number of amides is 2. The summed E-state index contributed by atoms with van der Waals surface area (Å²) in [5.74, 6) is 0.777. The predicted molar refractivity (Wildman–Crippen MR) is 108 cm³/mol. The fourth-order valence-electron chi connectivity index (χ4n) is 3.67. The van der Waals surface area contributed by atoms with Crippen molar-refractivity contribution < 1.29 is 14.3 Å². The summed E-state index contributed by atoms with van der Waals surface area (Å²) in [7, 11) is 5.42. The molecule has 26 heavy (non-hydrogen) atoms. The van der Waals surface area contributed by atoms with Crippen molar-refractivity contribution >= 4 is 11.8 Å². The largest absolute Gasteiger partial charge is 0.379 e. The molecule has 4 atom stereocenters. The summed E-state index contributed by atoms with van der Waals surface area (Å²) in [6, 6.07) is -0.0313. The Morgan fingerprint density at radius 2 is 1.50 bits per heavy atom. The lowest BCUT2D eigenvalue weighted by Gasteiger charge is -2.39. The van der Waals surface area contributed by atoms with Gasteiger partial charge in [-0.25, -0.2) is 0 Å². The molecular weight excluding hydrogens is 328 g/mol. The van der Waals surface area contributed by atoms with Gasteiger partial charge in [-0.05, 0) is 24.7 Å². The van der Waals surface area contributed by atoms with Crippen LogP contribution in [0.25, 0.3) is 0 Å². The molecule has 0 bridgehead atoms. The molecule has 0 rings (SSSR count). The molecule has 0 saturated heterocycles. The van der Waals surface area contributed by atoms with Crippen LogP contribution in [0.3, 0.4) is 0 Å². The minimum absolute atomic E-state index is 0.0239. The van der Waals surface area contributed by atoms with E-state index in [9.17, 15) is 9.59 Å². The van der Waals surface area contributed by atoms with Crippen LogP contribution in [-0.2, 0) is 14.3 Å². The SMILES string of the molecule is CCCC(=O)N(C)C(CC(=O)N(C)C(C(C)CC)C(CC)OC)C(C)C. The highest BCUT2D eigenvalue weighted by atomic mass is 16.5. The van der Waals surface area contributed by atoms with E-state index in [1.807, 2.05) is 25.9 Å². The number of hydrogen-bond acceptors (Lipinski definition) is 3. The van der Waals surface area contributed by atoms with Crippen LogP contribution < -0.4 is 0 Å². The first-order valence-corrected chi connectivity index (χ1v) is 10.2. The van der Waals surface area contributed by atoms with Crippen molar-refractivity contribution in [3.8, 4) is 0 Å². The zero-order valence-corrected chi connectivity index (χ0v) is 18.5. The van der Waals surface area contributed by atoms with Crippen LogP contribution in [0.15, 0.2) is 0 Å². The number of likely N-dealkylation sites (N-methyl/N-ethyl adjacent to an activating group) is 1. The van der Waals surface area contributed by atoms with Crippen LogP contribution in [0.2, 0.25) is 0 Å². The minimum atomic E-state index is -0.0794. The highest BCUT2D eigenvalue weighted by Crippen LogP contribution is 2.23. The first-order valence-electron chi connectivity index (χ1n) is 10.2. The van der Waals surface area contributed by atoms with Gasteiger partial charge < -0.3 is 14.5 Å². The lowest BCUT2D eigenvalue weighted by molar-refractivity contribution is -0.141. The summed E-state index contributed by atoms with van der Waals surface area (Å²) < 4.78 is 5.67. The van der Waals surface area contributed by atoms with E-state index in [1.165, 1.54) is 0 Å². The topological polar surface area (TPSA) is 49.9 Å². The Hall–Kier alpha value is -1.10. The number of rotatable bonds is 12. The van der Waals surface area contributed by atoms with E-state index in [2.05, 4.69) is 34.6 Å². The molecule has 0 saturated carbocycles. The van der Waals surface area contributed by atoms with Gasteiger partial charge in [0.25, 0.3) is 0 Å². The Kier molecular flexibility index (Phi) is 11.8. The molecular formula is C21H42N2O3. The standard InChI is InChI=1S/C21H42N2O3/c1-10-13-19(24)22(7)17(15(4)5)14-20(25)23(8)21(16(6)11-2)18(12-3)26-9/h15-18,21H,10-14H2,1-9H3. The quantitative estimate of drug-likeness (QED) is 0.522. The van der Waals surface area contributed by atoms with E-state index in [-0.39, 0.29) is 35.9 Å². The molecule has 4 unspecified atom stereocenters. The lowest BCUT2D eigenvalue weighted by atomic mass is 9.90. The molecule has 0 aliphatic rings. The summed E-state index contributed by atoms with van der Waals surface area (Å²) in [6.07, 6.45) is 3.59. The average Bonchev–Trinajstić information content (AvgIpc) is 2.61. The maximum absolute atomic E-state index is 13.1. The van der Waals surface area contributed by atoms with Gasteiger partial charge >= 0.3 is 0 Å². The normalized spacial score (nSPS) is 16.1. The third kappa shape index (κ3) is 6.90. The monoisotopic (exact) mass is 370 g/mol. The second kappa shape index (κ2) is 12.3. The number of carbonyl (C=O) groups excluding carboxylic acids is 2. The van der Waals surface area contributed by atoms with Gasteiger partial charge in [0.2, 0.25) is 11.8 Å². The Bertz CT molecular complexity index is 421. The smallest absolute Gasteiger partial charge is 0.224 e. The zero-order valence-electron chi connectivity index (χ0n) is 18.5. The average molecular weight is 371 g/mol. The van der Waals surface area contributed by atoms with Gasteiger partial charge in [0.1, 0.15) is 0 Å². The first kappa shape index (κ1) is 24.9. The van der Waals surface area contributed by atoms with Crippen molar-refractivity contribution in [2.24, 2.45) is 11.8 Å². The van der Waals surface area contributed by atoms with Crippen molar-refractivity contribution in [3.63, 3.8) is 0 Å². The molecule has 0 aliphatic heterocycles. The van der Waals surface area contributed by atoms with E-state index < -0.39 is 0 Å². The van der Waals surface area contributed by atoms with Crippen LogP contribution in [0.1, 0.15) is 73.6 Å². The molecule has 2 amide bonds. The second-order valence-corrected chi connectivity index (χ2v) is 7.83. The summed E-state index contributed by atoms with van der Waals surface area (Å²) in [4.78, 5) is 29.0. The van der Waals surface area contributed by atoms with Crippen LogP contribution in [0.4, 0.5) is 0 Å². The van der Waals surface area contributed by atoms with Crippen molar-refractivity contribution in [1.29, 1.82) is 0 Å². The van der Waals surface area contributed by atoms with Crippen molar-refractivity contribution in [2.75, 3.05) is 21.2 Å². The third-order valence-corrected chi connectivity index (χ3v) is 5.66. The molecule has 0 aromatic rings. The van der Waals surface area contributed by atoms with Gasteiger partial charge in [0.05, 0.1) is 12.1 Å². The summed E-state index contributed by atoms with van der Waals surface area (Å²) in [5, 5.41) is 0. The molecule has 0 N–H and O–H groups in total.